The largest absolute Gasteiger partial charge is 0.489 e. The van der Waals surface area contributed by atoms with Crippen LogP contribution >= 0.6 is 0 Å². The minimum Gasteiger partial charge on any atom is -0.489 e. The lowest BCUT2D eigenvalue weighted by atomic mass is 10.1. The van der Waals surface area contributed by atoms with Gasteiger partial charge >= 0.3 is 12.1 Å². The number of pyridine rings is 1. The second kappa shape index (κ2) is 7.87. The zero-order valence-corrected chi connectivity index (χ0v) is 14.6. The first-order valence-corrected chi connectivity index (χ1v) is 8.56. The van der Waals surface area contributed by atoms with E-state index in [0.29, 0.717) is 19.4 Å². The first-order chi connectivity index (χ1) is 13.3. The third kappa shape index (κ3) is 4.24. The summed E-state index contributed by atoms with van der Waals surface area (Å²) in [5, 5.41) is 9.14. The highest BCUT2D eigenvalue weighted by Gasteiger charge is 2.34. The maximum absolute atomic E-state index is 12.9. The van der Waals surface area contributed by atoms with Crippen molar-refractivity contribution in [3.05, 3.63) is 59.4 Å². The Hall–Kier alpha value is -3.10. The molecule has 1 atom stereocenters. The summed E-state index contributed by atoms with van der Waals surface area (Å²) in [6.45, 7) is 0.415. The standard InChI is InChI=1S/C19H17F3N2O4/c20-19(21,22)13-5-1-4-12(10-13)17(25)24-9-3-6-14(24)11-28-15-7-2-8-23-16(15)18(26)27/h1-2,4-5,7-8,10,14H,3,6,9,11H2,(H,26,27)/t14-/m1/s1. The molecule has 1 aromatic heterocycles. The van der Waals surface area contributed by atoms with E-state index in [1.165, 1.54) is 35.4 Å². The predicted octanol–water partition coefficient (Wildman–Crippen LogP) is 3.48. The summed E-state index contributed by atoms with van der Waals surface area (Å²) in [6.07, 6.45) is -1.92. The molecule has 1 aliphatic heterocycles. The van der Waals surface area contributed by atoms with Crippen LogP contribution < -0.4 is 4.74 Å². The maximum atomic E-state index is 12.9. The van der Waals surface area contributed by atoms with Gasteiger partial charge in [0.15, 0.2) is 11.4 Å². The molecule has 1 saturated heterocycles. The molecule has 3 rings (SSSR count). The summed E-state index contributed by atoms with van der Waals surface area (Å²) >= 11 is 0. The van der Waals surface area contributed by atoms with Gasteiger partial charge in [0.2, 0.25) is 0 Å². The SMILES string of the molecule is O=C(O)c1ncccc1OC[C@H]1CCCN1C(=O)c1cccc(C(F)(F)F)c1. The molecule has 0 unspecified atom stereocenters. The number of alkyl halides is 3. The quantitative estimate of drug-likeness (QED) is 0.840. The number of aromatic nitrogens is 1. The second-order valence-corrected chi connectivity index (χ2v) is 6.34. The van der Waals surface area contributed by atoms with E-state index in [1.807, 2.05) is 0 Å². The average Bonchev–Trinajstić information content (AvgIpc) is 3.14. The van der Waals surface area contributed by atoms with Crippen molar-refractivity contribution < 1.29 is 32.6 Å². The topological polar surface area (TPSA) is 79.7 Å². The van der Waals surface area contributed by atoms with Gasteiger partial charge in [0, 0.05) is 18.3 Å². The molecule has 2 aromatic rings. The van der Waals surface area contributed by atoms with E-state index in [2.05, 4.69) is 4.98 Å². The number of nitrogens with zero attached hydrogens (tertiary/aromatic N) is 2. The summed E-state index contributed by atoms with van der Waals surface area (Å²) < 4.78 is 44.3. The molecule has 9 heteroatoms. The fourth-order valence-corrected chi connectivity index (χ4v) is 3.12. The number of ether oxygens (including phenoxy) is 1. The molecule has 1 aromatic carbocycles. The van der Waals surface area contributed by atoms with Crippen LogP contribution in [0.15, 0.2) is 42.6 Å². The molecular weight excluding hydrogens is 377 g/mol. The van der Waals surface area contributed by atoms with E-state index < -0.39 is 23.6 Å². The second-order valence-electron chi connectivity index (χ2n) is 6.34. The van der Waals surface area contributed by atoms with Crippen molar-refractivity contribution in [2.24, 2.45) is 0 Å². The van der Waals surface area contributed by atoms with Crippen molar-refractivity contribution >= 4 is 11.9 Å². The first kappa shape index (κ1) is 19.7. The maximum Gasteiger partial charge on any atom is 0.416 e. The molecule has 1 amide bonds. The van der Waals surface area contributed by atoms with Crippen molar-refractivity contribution in [1.29, 1.82) is 0 Å². The number of carbonyl (C=O) groups is 2. The van der Waals surface area contributed by atoms with Gasteiger partial charge in [-0.3, -0.25) is 4.79 Å². The van der Waals surface area contributed by atoms with Crippen molar-refractivity contribution in [3.63, 3.8) is 0 Å². The van der Waals surface area contributed by atoms with Gasteiger partial charge in [-0.2, -0.15) is 13.2 Å². The van der Waals surface area contributed by atoms with Gasteiger partial charge < -0.3 is 14.7 Å². The molecule has 0 saturated carbocycles. The summed E-state index contributed by atoms with van der Waals surface area (Å²) in [7, 11) is 0. The summed E-state index contributed by atoms with van der Waals surface area (Å²) in [5.41, 5.74) is -1.17. The zero-order chi connectivity index (χ0) is 20.3. The third-order valence-electron chi connectivity index (χ3n) is 4.48. The minimum atomic E-state index is -4.53. The number of benzene rings is 1. The number of rotatable bonds is 5. The van der Waals surface area contributed by atoms with Crippen molar-refractivity contribution in [3.8, 4) is 5.75 Å². The van der Waals surface area contributed by atoms with Gasteiger partial charge in [-0.25, -0.2) is 9.78 Å². The van der Waals surface area contributed by atoms with E-state index in [0.717, 1.165) is 12.1 Å². The molecular formula is C19H17F3N2O4. The summed E-state index contributed by atoms with van der Waals surface area (Å²) in [6, 6.07) is 6.92. The predicted molar refractivity (Wildman–Crippen MR) is 92.2 cm³/mol. The summed E-state index contributed by atoms with van der Waals surface area (Å²) in [5.74, 6) is -1.67. The van der Waals surface area contributed by atoms with Crippen LogP contribution in [0.2, 0.25) is 0 Å². The van der Waals surface area contributed by atoms with Crippen molar-refractivity contribution in [1.82, 2.24) is 9.88 Å². The number of carbonyl (C=O) groups excluding carboxylic acids is 1. The molecule has 1 N–H and O–H groups in total. The van der Waals surface area contributed by atoms with E-state index in [4.69, 9.17) is 9.84 Å². The Bertz CT molecular complexity index is 885. The highest BCUT2D eigenvalue weighted by molar-refractivity contribution is 5.94. The molecule has 0 bridgehead atoms. The first-order valence-electron chi connectivity index (χ1n) is 8.56. The van der Waals surface area contributed by atoms with Crippen LogP contribution in [0, 0.1) is 0 Å². The van der Waals surface area contributed by atoms with Gasteiger partial charge in [0.25, 0.3) is 5.91 Å². The zero-order valence-electron chi connectivity index (χ0n) is 14.6. The van der Waals surface area contributed by atoms with E-state index in [9.17, 15) is 22.8 Å². The Morgan fingerprint density at radius 2 is 2.04 bits per heavy atom. The third-order valence-corrected chi connectivity index (χ3v) is 4.48. The molecule has 6 nitrogen and oxygen atoms in total. The lowest BCUT2D eigenvalue weighted by Crippen LogP contribution is -2.39. The Labute approximate surface area is 158 Å². The molecule has 1 fully saturated rings. The smallest absolute Gasteiger partial charge is 0.416 e. The molecule has 28 heavy (non-hydrogen) atoms. The van der Waals surface area contributed by atoms with Crippen LogP contribution in [0.4, 0.5) is 13.2 Å². The van der Waals surface area contributed by atoms with Gasteiger partial charge in [-0.05, 0) is 43.2 Å². The number of halogens is 3. The van der Waals surface area contributed by atoms with Crippen LogP contribution in [0.25, 0.3) is 0 Å². The fraction of sp³-hybridized carbons (Fsp3) is 0.316. The minimum absolute atomic E-state index is 0.0245. The Morgan fingerprint density at radius 1 is 1.25 bits per heavy atom. The highest BCUT2D eigenvalue weighted by Crippen LogP contribution is 2.30. The van der Waals surface area contributed by atoms with Crippen molar-refractivity contribution in [2.45, 2.75) is 25.1 Å². The van der Waals surface area contributed by atoms with Crippen LogP contribution in [0.3, 0.4) is 0 Å². The molecule has 0 radical (unpaired) electrons. The molecule has 0 spiro atoms. The molecule has 148 valence electrons. The lowest BCUT2D eigenvalue weighted by Gasteiger charge is -2.25. The number of carboxylic acids is 1. The number of aromatic carboxylic acids is 1. The highest BCUT2D eigenvalue weighted by atomic mass is 19.4. The van der Waals surface area contributed by atoms with Gasteiger partial charge in [0.1, 0.15) is 6.61 Å². The van der Waals surface area contributed by atoms with E-state index in [1.54, 1.807) is 0 Å². The van der Waals surface area contributed by atoms with E-state index >= 15 is 0 Å². The molecule has 2 heterocycles. The van der Waals surface area contributed by atoms with Crippen LogP contribution in [-0.2, 0) is 6.18 Å². The van der Waals surface area contributed by atoms with Gasteiger partial charge in [0.05, 0.1) is 11.6 Å². The van der Waals surface area contributed by atoms with Crippen LogP contribution in [0.1, 0.15) is 39.3 Å². The molecule has 1 aliphatic rings. The van der Waals surface area contributed by atoms with Crippen LogP contribution in [0.5, 0.6) is 5.75 Å². The number of amides is 1. The fourth-order valence-electron chi connectivity index (χ4n) is 3.12. The Morgan fingerprint density at radius 3 is 2.75 bits per heavy atom. The number of carboxylic acid groups (broad SMARTS) is 1. The molecule has 0 aliphatic carbocycles. The lowest BCUT2D eigenvalue weighted by molar-refractivity contribution is -0.137. The number of hydrogen-bond acceptors (Lipinski definition) is 4. The van der Waals surface area contributed by atoms with Gasteiger partial charge in [-0.1, -0.05) is 6.07 Å². The van der Waals surface area contributed by atoms with Crippen LogP contribution in [-0.4, -0.2) is 46.1 Å². The monoisotopic (exact) mass is 394 g/mol. The number of likely N-dealkylation sites (tertiary alicyclic amines) is 1. The normalized spacial score (nSPS) is 16.8. The van der Waals surface area contributed by atoms with Crippen molar-refractivity contribution in [2.75, 3.05) is 13.2 Å². The Kier molecular flexibility index (Phi) is 5.53. The summed E-state index contributed by atoms with van der Waals surface area (Å²) in [4.78, 5) is 29.1. The van der Waals surface area contributed by atoms with E-state index in [-0.39, 0.29) is 29.7 Å². The average molecular weight is 394 g/mol. The van der Waals surface area contributed by atoms with Gasteiger partial charge in [-0.15, -0.1) is 0 Å². The Balaban J connectivity index is 1.73. The number of hydrogen-bond donors (Lipinski definition) is 1.